The largest absolute Gasteiger partial charge is 0.347 e. The Hall–Kier alpha value is -1.70. The van der Waals surface area contributed by atoms with Gasteiger partial charge in [0.15, 0.2) is 0 Å². The predicted octanol–water partition coefficient (Wildman–Crippen LogP) is 3.23. The number of rotatable bonds is 5. The molecule has 0 radical (unpaired) electrons. The van der Waals surface area contributed by atoms with Crippen molar-refractivity contribution in [3.05, 3.63) is 52.4 Å². The standard InChI is InChI=1S/C18H24N2O3S2/c1-18(2,3)14-8-6-13(7-9-14)17(21)19-12-15-10-11-16(24-15)25(22,23)20(4)5/h6-11H,12H2,1-5H3,(H,19,21). The molecule has 1 N–H and O–H groups in total. The zero-order chi connectivity index (χ0) is 18.8. The number of carbonyl (C=O) groups is 1. The second kappa shape index (κ2) is 7.27. The number of nitrogens with one attached hydrogen (secondary N) is 1. The Morgan fingerprint density at radius 1 is 1.08 bits per heavy atom. The van der Waals surface area contributed by atoms with E-state index in [9.17, 15) is 13.2 Å². The predicted molar refractivity (Wildman–Crippen MR) is 102 cm³/mol. The van der Waals surface area contributed by atoms with Crippen molar-refractivity contribution < 1.29 is 13.2 Å². The minimum atomic E-state index is -3.43. The number of carbonyl (C=O) groups excluding carboxylic acids is 1. The van der Waals surface area contributed by atoms with Gasteiger partial charge in [0.1, 0.15) is 4.21 Å². The molecular weight excluding hydrogens is 356 g/mol. The smallest absolute Gasteiger partial charge is 0.252 e. The Morgan fingerprint density at radius 2 is 1.68 bits per heavy atom. The summed E-state index contributed by atoms with van der Waals surface area (Å²) >= 11 is 1.17. The summed E-state index contributed by atoms with van der Waals surface area (Å²) in [5.74, 6) is -0.175. The van der Waals surface area contributed by atoms with Gasteiger partial charge in [-0.05, 0) is 35.2 Å². The highest BCUT2D eigenvalue weighted by Crippen LogP contribution is 2.24. The average Bonchev–Trinajstić information content (AvgIpc) is 3.01. The Balaban J connectivity index is 2.02. The quantitative estimate of drug-likeness (QED) is 0.866. The number of benzene rings is 1. The monoisotopic (exact) mass is 380 g/mol. The first-order valence-electron chi connectivity index (χ1n) is 7.92. The molecule has 25 heavy (non-hydrogen) atoms. The van der Waals surface area contributed by atoms with Crippen molar-refractivity contribution in [3.63, 3.8) is 0 Å². The van der Waals surface area contributed by atoms with Crippen LogP contribution in [0.5, 0.6) is 0 Å². The molecular formula is C18H24N2O3S2. The summed E-state index contributed by atoms with van der Waals surface area (Å²) < 4.78 is 25.6. The molecule has 136 valence electrons. The number of amides is 1. The molecule has 1 amide bonds. The molecule has 0 bridgehead atoms. The van der Waals surface area contributed by atoms with Crippen LogP contribution >= 0.6 is 11.3 Å². The lowest BCUT2D eigenvalue weighted by Crippen LogP contribution is -2.22. The molecule has 2 rings (SSSR count). The van der Waals surface area contributed by atoms with E-state index in [0.29, 0.717) is 12.1 Å². The Labute approximate surface area is 153 Å². The molecule has 0 fully saturated rings. The van der Waals surface area contributed by atoms with Crippen molar-refractivity contribution in [1.82, 2.24) is 9.62 Å². The van der Waals surface area contributed by atoms with Gasteiger partial charge in [-0.2, -0.15) is 0 Å². The third kappa shape index (κ3) is 4.68. The fourth-order valence-corrected chi connectivity index (χ4v) is 4.63. The molecule has 0 aliphatic carbocycles. The van der Waals surface area contributed by atoms with Gasteiger partial charge in [0.05, 0.1) is 6.54 Å². The molecule has 0 aliphatic rings. The number of thiophene rings is 1. The fourth-order valence-electron chi connectivity index (χ4n) is 2.16. The summed E-state index contributed by atoms with van der Waals surface area (Å²) in [5.41, 5.74) is 1.80. The van der Waals surface area contributed by atoms with Crippen LogP contribution in [0.25, 0.3) is 0 Å². The summed E-state index contributed by atoms with van der Waals surface area (Å²) in [6, 6.07) is 10.8. The van der Waals surface area contributed by atoms with Crippen LogP contribution in [0.1, 0.15) is 41.6 Å². The molecule has 0 unspecified atom stereocenters. The Morgan fingerprint density at radius 3 is 2.20 bits per heavy atom. The molecule has 1 aromatic heterocycles. The highest BCUT2D eigenvalue weighted by Gasteiger charge is 2.19. The lowest BCUT2D eigenvalue weighted by atomic mass is 9.87. The zero-order valence-corrected chi connectivity index (χ0v) is 16.8. The van der Waals surface area contributed by atoms with E-state index in [-0.39, 0.29) is 15.5 Å². The van der Waals surface area contributed by atoms with E-state index < -0.39 is 10.0 Å². The SMILES string of the molecule is CN(C)S(=O)(=O)c1ccc(CNC(=O)c2ccc(C(C)(C)C)cc2)s1. The van der Waals surface area contributed by atoms with E-state index in [0.717, 1.165) is 4.88 Å². The maximum Gasteiger partial charge on any atom is 0.252 e. The maximum atomic E-state index is 12.3. The van der Waals surface area contributed by atoms with Crippen molar-refractivity contribution >= 4 is 27.3 Å². The lowest BCUT2D eigenvalue weighted by molar-refractivity contribution is 0.0951. The van der Waals surface area contributed by atoms with Gasteiger partial charge in [0.2, 0.25) is 0 Å². The molecule has 0 saturated carbocycles. The van der Waals surface area contributed by atoms with Crippen molar-refractivity contribution in [2.75, 3.05) is 14.1 Å². The van der Waals surface area contributed by atoms with E-state index in [1.807, 2.05) is 24.3 Å². The minimum Gasteiger partial charge on any atom is -0.347 e. The molecule has 0 aliphatic heterocycles. The summed E-state index contributed by atoms with van der Waals surface area (Å²) in [6.45, 7) is 6.67. The summed E-state index contributed by atoms with van der Waals surface area (Å²) in [7, 11) is -0.431. The molecule has 2 aromatic rings. The van der Waals surface area contributed by atoms with Crippen molar-refractivity contribution in [2.24, 2.45) is 0 Å². The van der Waals surface area contributed by atoms with Crippen molar-refractivity contribution in [1.29, 1.82) is 0 Å². The Kier molecular flexibility index (Phi) is 5.71. The Bertz CT molecular complexity index is 845. The summed E-state index contributed by atoms with van der Waals surface area (Å²) in [4.78, 5) is 13.0. The van der Waals surface area contributed by atoms with Crippen LogP contribution in [0.2, 0.25) is 0 Å². The summed E-state index contributed by atoms with van der Waals surface area (Å²) in [6.07, 6.45) is 0. The highest BCUT2D eigenvalue weighted by atomic mass is 32.2. The van der Waals surface area contributed by atoms with Crippen LogP contribution in [0, 0.1) is 0 Å². The molecule has 5 nitrogen and oxygen atoms in total. The fraction of sp³-hybridized carbons (Fsp3) is 0.389. The van der Waals surface area contributed by atoms with Gasteiger partial charge in [-0.15, -0.1) is 11.3 Å². The maximum absolute atomic E-state index is 12.3. The zero-order valence-electron chi connectivity index (χ0n) is 15.2. The first kappa shape index (κ1) is 19.6. The van der Waals surface area contributed by atoms with E-state index in [2.05, 4.69) is 26.1 Å². The van der Waals surface area contributed by atoms with Gasteiger partial charge >= 0.3 is 0 Å². The normalized spacial score (nSPS) is 12.4. The molecule has 0 saturated heterocycles. The van der Waals surface area contributed by atoms with Gasteiger partial charge in [0.25, 0.3) is 15.9 Å². The van der Waals surface area contributed by atoms with Crippen LogP contribution in [-0.2, 0) is 22.0 Å². The second-order valence-electron chi connectivity index (χ2n) is 7.02. The van der Waals surface area contributed by atoms with Crippen LogP contribution in [0.15, 0.2) is 40.6 Å². The number of sulfonamides is 1. The van der Waals surface area contributed by atoms with E-state index >= 15 is 0 Å². The van der Waals surface area contributed by atoms with Crippen molar-refractivity contribution in [3.8, 4) is 0 Å². The van der Waals surface area contributed by atoms with Crippen LogP contribution in [-0.4, -0.2) is 32.7 Å². The van der Waals surface area contributed by atoms with Gasteiger partial charge in [0, 0.05) is 24.5 Å². The van der Waals surface area contributed by atoms with Gasteiger partial charge in [-0.25, -0.2) is 12.7 Å². The van der Waals surface area contributed by atoms with Crippen LogP contribution in [0.3, 0.4) is 0 Å². The van der Waals surface area contributed by atoms with Crippen LogP contribution < -0.4 is 5.32 Å². The van der Waals surface area contributed by atoms with Crippen LogP contribution in [0.4, 0.5) is 0 Å². The summed E-state index contributed by atoms with van der Waals surface area (Å²) in [5, 5.41) is 2.83. The van der Waals surface area contributed by atoms with Gasteiger partial charge in [-0.1, -0.05) is 32.9 Å². The van der Waals surface area contributed by atoms with Gasteiger partial charge in [-0.3, -0.25) is 4.79 Å². The highest BCUT2D eigenvalue weighted by molar-refractivity contribution is 7.91. The lowest BCUT2D eigenvalue weighted by Gasteiger charge is -2.19. The van der Waals surface area contributed by atoms with E-state index in [1.165, 1.54) is 35.3 Å². The molecule has 0 atom stereocenters. The molecule has 7 heteroatoms. The van der Waals surface area contributed by atoms with Gasteiger partial charge < -0.3 is 5.32 Å². The molecule has 1 aromatic carbocycles. The number of nitrogens with zero attached hydrogens (tertiary/aromatic N) is 1. The molecule has 0 spiro atoms. The first-order chi connectivity index (χ1) is 11.5. The average molecular weight is 381 g/mol. The molecule has 1 heterocycles. The van der Waals surface area contributed by atoms with Crippen molar-refractivity contribution in [2.45, 2.75) is 36.9 Å². The topological polar surface area (TPSA) is 66.5 Å². The number of hydrogen-bond acceptors (Lipinski definition) is 4. The second-order valence-corrected chi connectivity index (χ2v) is 10.6. The third-order valence-electron chi connectivity index (χ3n) is 3.81. The first-order valence-corrected chi connectivity index (χ1v) is 10.2. The third-order valence-corrected chi connectivity index (χ3v) is 7.18. The van der Waals surface area contributed by atoms with E-state index in [1.54, 1.807) is 12.1 Å². The minimum absolute atomic E-state index is 0.0420. The number of hydrogen-bond donors (Lipinski definition) is 1. The van der Waals surface area contributed by atoms with E-state index in [4.69, 9.17) is 0 Å².